The molecular weight excluding hydrogens is 340 g/mol. The van der Waals surface area contributed by atoms with Gasteiger partial charge in [0.2, 0.25) is 0 Å². The first-order valence-corrected chi connectivity index (χ1v) is 9.53. The summed E-state index contributed by atoms with van der Waals surface area (Å²) >= 11 is 0. The van der Waals surface area contributed by atoms with Crippen LogP contribution in [0.3, 0.4) is 0 Å². The Morgan fingerprint density at radius 1 is 0.808 bits per heavy atom. The summed E-state index contributed by atoms with van der Waals surface area (Å²) in [5, 5.41) is 0. The Kier molecular flexibility index (Phi) is 10.1. The van der Waals surface area contributed by atoms with Gasteiger partial charge in [0.05, 0.1) is 43.4 Å². The summed E-state index contributed by atoms with van der Waals surface area (Å²) in [5.41, 5.74) is 0. The first-order chi connectivity index (χ1) is 12.5. The minimum Gasteiger partial charge on any atom is -0.466 e. The molecule has 0 amide bonds. The Labute approximate surface area is 156 Å². The Morgan fingerprint density at radius 3 is 1.54 bits per heavy atom. The predicted octanol–water partition coefficient (Wildman–Crippen LogP) is 2.35. The molecular formula is C19H34O7. The van der Waals surface area contributed by atoms with Gasteiger partial charge in [-0.3, -0.25) is 9.59 Å². The second-order valence-corrected chi connectivity index (χ2v) is 6.39. The van der Waals surface area contributed by atoms with E-state index >= 15 is 0 Å². The summed E-state index contributed by atoms with van der Waals surface area (Å²) in [5.74, 6) is -2.00. The van der Waals surface area contributed by atoms with Gasteiger partial charge in [0.25, 0.3) is 0 Å². The van der Waals surface area contributed by atoms with E-state index < -0.39 is 30.1 Å². The maximum Gasteiger partial charge on any atom is 0.311 e. The van der Waals surface area contributed by atoms with Crippen LogP contribution in [0.2, 0.25) is 0 Å². The minimum absolute atomic E-state index is 0.0147. The van der Waals surface area contributed by atoms with Gasteiger partial charge in [-0.25, -0.2) is 0 Å². The molecule has 0 spiro atoms. The Morgan fingerprint density at radius 2 is 1.23 bits per heavy atom. The van der Waals surface area contributed by atoms with Crippen molar-refractivity contribution in [1.82, 2.24) is 0 Å². The van der Waals surface area contributed by atoms with E-state index in [0.717, 1.165) is 12.8 Å². The maximum absolute atomic E-state index is 12.5. The van der Waals surface area contributed by atoms with Gasteiger partial charge in [0.1, 0.15) is 6.10 Å². The smallest absolute Gasteiger partial charge is 0.311 e. The molecule has 0 heterocycles. The van der Waals surface area contributed by atoms with Crippen molar-refractivity contribution >= 4 is 11.9 Å². The van der Waals surface area contributed by atoms with E-state index in [2.05, 4.69) is 0 Å². The number of hydrogen-bond donors (Lipinski definition) is 0. The lowest BCUT2D eigenvalue weighted by Crippen LogP contribution is -2.58. The molecule has 0 saturated heterocycles. The molecule has 0 radical (unpaired) electrons. The van der Waals surface area contributed by atoms with Gasteiger partial charge < -0.3 is 23.7 Å². The van der Waals surface area contributed by atoms with Gasteiger partial charge in [-0.15, -0.1) is 0 Å². The average Bonchev–Trinajstić information content (AvgIpc) is 2.64. The zero-order valence-electron chi connectivity index (χ0n) is 16.9. The van der Waals surface area contributed by atoms with Crippen LogP contribution in [-0.4, -0.2) is 63.8 Å². The van der Waals surface area contributed by atoms with Gasteiger partial charge in [0, 0.05) is 14.2 Å². The quantitative estimate of drug-likeness (QED) is 0.543. The maximum atomic E-state index is 12.5. The monoisotopic (exact) mass is 374 g/mol. The first kappa shape index (κ1) is 22.9. The fraction of sp³-hybridized carbons (Fsp3) is 0.895. The van der Waals surface area contributed by atoms with Crippen molar-refractivity contribution in [2.45, 2.75) is 71.4 Å². The molecule has 1 saturated carbocycles. The lowest BCUT2D eigenvalue weighted by molar-refractivity contribution is -0.211. The summed E-state index contributed by atoms with van der Waals surface area (Å²) in [6.07, 6.45) is 0.196. The molecule has 1 rings (SSSR count). The second kappa shape index (κ2) is 11.5. The van der Waals surface area contributed by atoms with E-state index in [1.165, 1.54) is 14.2 Å². The zero-order chi connectivity index (χ0) is 19.7. The molecule has 7 heteroatoms. The summed E-state index contributed by atoms with van der Waals surface area (Å²) < 4.78 is 27.9. The van der Waals surface area contributed by atoms with Gasteiger partial charge in [-0.2, -0.15) is 0 Å². The van der Waals surface area contributed by atoms with Crippen LogP contribution in [0.4, 0.5) is 0 Å². The molecule has 1 aliphatic rings. The van der Waals surface area contributed by atoms with Crippen LogP contribution in [0.25, 0.3) is 0 Å². The molecule has 4 unspecified atom stereocenters. The first-order valence-electron chi connectivity index (χ1n) is 9.53. The third-order valence-electron chi connectivity index (χ3n) is 4.93. The van der Waals surface area contributed by atoms with Crippen LogP contribution >= 0.6 is 0 Å². The van der Waals surface area contributed by atoms with E-state index in [9.17, 15) is 9.59 Å². The number of esters is 2. The Bertz CT molecular complexity index is 404. The van der Waals surface area contributed by atoms with Crippen LogP contribution in [0, 0.1) is 11.8 Å². The van der Waals surface area contributed by atoms with Crippen LogP contribution < -0.4 is 0 Å². The number of methoxy groups -OCH3 is 2. The summed E-state index contributed by atoms with van der Waals surface area (Å²) in [6, 6.07) is 0. The average molecular weight is 374 g/mol. The van der Waals surface area contributed by atoms with Gasteiger partial charge in [-0.05, 0) is 33.1 Å². The molecule has 26 heavy (non-hydrogen) atoms. The van der Waals surface area contributed by atoms with Crippen molar-refractivity contribution in [3.05, 3.63) is 0 Å². The number of carbonyl (C=O) groups is 2. The second-order valence-electron chi connectivity index (χ2n) is 6.39. The number of ether oxygens (including phenoxy) is 5. The number of carbonyl (C=O) groups excluding carboxylic acids is 2. The summed E-state index contributed by atoms with van der Waals surface area (Å²) in [6.45, 7) is 8.10. The lowest BCUT2D eigenvalue weighted by Gasteiger charge is -2.44. The summed E-state index contributed by atoms with van der Waals surface area (Å²) in [4.78, 5) is 25.0. The third-order valence-corrected chi connectivity index (χ3v) is 4.93. The lowest BCUT2D eigenvalue weighted by atomic mass is 9.75. The Balaban J connectivity index is 3.22. The minimum atomic E-state index is -0.611. The standard InChI is InChI=1S/C19H34O7/c1-7-12(8-2)26-17-15(22-5)13(18(20)24-9-3)11-14(16(17)23-6)19(21)25-10-4/h12-17H,7-11H2,1-6H3. The molecule has 7 nitrogen and oxygen atoms in total. The number of rotatable bonds is 10. The number of hydrogen-bond acceptors (Lipinski definition) is 7. The van der Waals surface area contributed by atoms with Crippen LogP contribution in [0.5, 0.6) is 0 Å². The molecule has 152 valence electrons. The molecule has 0 N–H and O–H groups in total. The third kappa shape index (κ3) is 5.41. The Hall–Kier alpha value is -1.18. The van der Waals surface area contributed by atoms with Gasteiger partial charge in [0.15, 0.2) is 0 Å². The van der Waals surface area contributed by atoms with E-state index in [1.54, 1.807) is 13.8 Å². The highest BCUT2D eigenvalue weighted by atomic mass is 16.6. The molecule has 1 fully saturated rings. The van der Waals surface area contributed by atoms with Crippen LogP contribution in [0.15, 0.2) is 0 Å². The van der Waals surface area contributed by atoms with Crippen molar-refractivity contribution in [1.29, 1.82) is 0 Å². The van der Waals surface area contributed by atoms with Crippen molar-refractivity contribution in [2.24, 2.45) is 11.8 Å². The van der Waals surface area contributed by atoms with Crippen molar-refractivity contribution < 1.29 is 33.3 Å². The van der Waals surface area contributed by atoms with Crippen LogP contribution in [-0.2, 0) is 33.3 Å². The molecule has 1 aliphatic carbocycles. The normalized spacial score (nSPS) is 28.8. The molecule has 0 aromatic rings. The summed E-state index contributed by atoms with van der Waals surface area (Å²) in [7, 11) is 3.08. The predicted molar refractivity (Wildman–Crippen MR) is 95.7 cm³/mol. The fourth-order valence-corrected chi connectivity index (χ4v) is 3.60. The largest absolute Gasteiger partial charge is 0.466 e. The van der Waals surface area contributed by atoms with Crippen molar-refractivity contribution in [3.63, 3.8) is 0 Å². The van der Waals surface area contributed by atoms with Crippen LogP contribution in [0.1, 0.15) is 47.0 Å². The molecule has 0 aromatic heterocycles. The van der Waals surface area contributed by atoms with E-state index in [1.807, 2.05) is 13.8 Å². The molecule has 0 bridgehead atoms. The fourth-order valence-electron chi connectivity index (χ4n) is 3.60. The van der Waals surface area contributed by atoms with Crippen molar-refractivity contribution in [2.75, 3.05) is 27.4 Å². The highest BCUT2D eigenvalue weighted by molar-refractivity contribution is 5.78. The molecule has 4 atom stereocenters. The van der Waals surface area contributed by atoms with E-state index in [-0.39, 0.29) is 37.7 Å². The SMILES string of the molecule is CCOC(=O)C1CC(C(=O)OCC)C(OC)C(OC(CC)CC)C1OC. The van der Waals surface area contributed by atoms with Gasteiger partial charge in [-0.1, -0.05) is 13.8 Å². The van der Waals surface area contributed by atoms with Gasteiger partial charge >= 0.3 is 11.9 Å². The van der Waals surface area contributed by atoms with E-state index in [0.29, 0.717) is 0 Å². The molecule has 0 aromatic carbocycles. The topological polar surface area (TPSA) is 80.3 Å². The zero-order valence-corrected chi connectivity index (χ0v) is 16.9. The van der Waals surface area contributed by atoms with Crippen molar-refractivity contribution in [3.8, 4) is 0 Å². The van der Waals surface area contributed by atoms with E-state index in [4.69, 9.17) is 23.7 Å². The highest BCUT2D eigenvalue weighted by Crippen LogP contribution is 2.37. The highest BCUT2D eigenvalue weighted by Gasteiger charge is 2.52. The molecule has 0 aliphatic heterocycles.